The van der Waals surface area contributed by atoms with Gasteiger partial charge in [0.15, 0.2) is 6.61 Å². The summed E-state index contributed by atoms with van der Waals surface area (Å²) >= 11 is 5.82. The fourth-order valence-corrected chi connectivity index (χ4v) is 2.57. The minimum absolute atomic E-state index is 0.0446. The normalized spacial score (nSPS) is 10.8. The molecule has 7 nitrogen and oxygen atoms in total. The average molecular weight is 415 g/mol. The molecule has 9 heteroatoms. The Morgan fingerprint density at radius 3 is 2.76 bits per heavy atom. The smallest absolute Gasteiger partial charge is 0.331 e. The van der Waals surface area contributed by atoms with E-state index in [2.05, 4.69) is 15.6 Å². The van der Waals surface area contributed by atoms with Gasteiger partial charge in [-0.1, -0.05) is 47.1 Å². The lowest BCUT2D eigenvalue weighted by Gasteiger charge is -2.07. The third kappa shape index (κ3) is 6.25. The number of halogens is 2. The van der Waals surface area contributed by atoms with Crippen molar-refractivity contribution >= 4 is 35.2 Å². The molecule has 3 aromatic rings. The van der Waals surface area contributed by atoms with E-state index < -0.39 is 24.3 Å². The van der Waals surface area contributed by atoms with Crippen LogP contribution in [-0.2, 0) is 20.9 Å². The Kier molecular flexibility index (Phi) is 6.70. The molecule has 2 aromatic carbocycles. The first kappa shape index (κ1) is 20.2. The molecule has 0 atom stereocenters. The molecule has 0 aliphatic rings. The van der Waals surface area contributed by atoms with Gasteiger partial charge in [-0.25, -0.2) is 13.9 Å². The van der Waals surface area contributed by atoms with Crippen LogP contribution in [0.25, 0.3) is 6.08 Å². The maximum absolute atomic E-state index is 13.0. The van der Waals surface area contributed by atoms with Crippen molar-refractivity contribution in [3.05, 3.63) is 82.9 Å². The Hall–Kier alpha value is -3.52. The predicted molar refractivity (Wildman–Crippen MR) is 106 cm³/mol. The Labute approximate surface area is 170 Å². The molecule has 3 rings (SSSR count). The molecule has 0 aliphatic carbocycles. The van der Waals surface area contributed by atoms with Gasteiger partial charge >= 0.3 is 5.97 Å². The third-order valence-corrected chi connectivity index (χ3v) is 4.00. The summed E-state index contributed by atoms with van der Waals surface area (Å²) in [5.74, 6) is -1.85. The molecule has 0 saturated heterocycles. The molecule has 0 fully saturated rings. The number of ether oxygens (including phenoxy) is 1. The number of carbonyl (C=O) groups excluding carboxylic acids is 2. The molecule has 0 aliphatic heterocycles. The number of nitrogens with zero attached hydrogens (tertiary/aromatic N) is 3. The van der Waals surface area contributed by atoms with Crippen molar-refractivity contribution in [1.29, 1.82) is 0 Å². The predicted octanol–water partition coefficient (Wildman–Crippen LogP) is 3.31. The van der Waals surface area contributed by atoms with Gasteiger partial charge in [0.05, 0.1) is 23.5 Å². The van der Waals surface area contributed by atoms with E-state index in [1.807, 2.05) is 30.3 Å². The van der Waals surface area contributed by atoms with Gasteiger partial charge in [-0.05, 0) is 29.8 Å². The molecule has 1 heterocycles. The minimum atomic E-state index is -0.719. The summed E-state index contributed by atoms with van der Waals surface area (Å²) in [6.45, 7) is 0.0375. The van der Waals surface area contributed by atoms with Crippen molar-refractivity contribution in [3.8, 4) is 0 Å². The summed E-state index contributed by atoms with van der Waals surface area (Å²) in [6, 6.07) is 13.3. The molecule has 0 spiro atoms. The Balaban J connectivity index is 1.46. The summed E-state index contributed by atoms with van der Waals surface area (Å²) < 4.78 is 19.5. The molecule has 0 saturated carbocycles. The Morgan fingerprint density at radius 2 is 2.00 bits per heavy atom. The van der Waals surface area contributed by atoms with Crippen molar-refractivity contribution < 1.29 is 18.7 Å². The molecule has 1 N–H and O–H groups in total. The van der Waals surface area contributed by atoms with Gasteiger partial charge in [0.2, 0.25) is 0 Å². The number of amides is 1. The van der Waals surface area contributed by atoms with Crippen molar-refractivity contribution in [1.82, 2.24) is 15.0 Å². The summed E-state index contributed by atoms with van der Waals surface area (Å²) in [4.78, 5) is 23.6. The first-order valence-corrected chi connectivity index (χ1v) is 8.91. The van der Waals surface area contributed by atoms with Gasteiger partial charge in [0.25, 0.3) is 5.91 Å². The summed E-state index contributed by atoms with van der Waals surface area (Å²) in [5, 5.41) is 10.4. The number of hydrogen-bond donors (Lipinski definition) is 1. The van der Waals surface area contributed by atoms with Gasteiger partial charge in [-0.15, -0.1) is 5.10 Å². The van der Waals surface area contributed by atoms with Gasteiger partial charge in [0.1, 0.15) is 11.5 Å². The highest BCUT2D eigenvalue weighted by atomic mass is 35.5. The van der Waals surface area contributed by atoms with E-state index in [-0.39, 0.29) is 10.7 Å². The van der Waals surface area contributed by atoms with Crippen molar-refractivity contribution in [3.63, 3.8) is 0 Å². The third-order valence-electron chi connectivity index (χ3n) is 3.68. The second-order valence-electron chi connectivity index (χ2n) is 5.94. The second-order valence-corrected chi connectivity index (χ2v) is 6.35. The lowest BCUT2D eigenvalue weighted by molar-refractivity contribution is -0.142. The van der Waals surface area contributed by atoms with Gasteiger partial charge in [-0.2, -0.15) is 0 Å². The maximum atomic E-state index is 13.0. The van der Waals surface area contributed by atoms with Crippen LogP contribution in [-0.4, -0.2) is 33.5 Å². The number of carbonyl (C=O) groups is 2. The van der Waals surface area contributed by atoms with E-state index in [0.29, 0.717) is 12.2 Å². The van der Waals surface area contributed by atoms with E-state index in [9.17, 15) is 14.0 Å². The number of esters is 1. The molecule has 0 bridgehead atoms. The van der Waals surface area contributed by atoms with E-state index in [1.54, 1.807) is 10.9 Å². The zero-order valence-corrected chi connectivity index (χ0v) is 15.8. The summed E-state index contributed by atoms with van der Waals surface area (Å²) in [7, 11) is 0. The highest BCUT2D eigenvalue weighted by Crippen LogP contribution is 2.22. The molecule has 29 heavy (non-hydrogen) atoms. The Bertz CT molecular complexity index is 1040. The number of anilines is 1. The van der Waals surface area contributed by atoms with Gasteiger partial charge in [0, 0.05) is 6.08 Å². The van der Waals surface area contributed by atoms with Crippen LogP contribution >= 0.6 is 11.6 Å². The van der Waals surface area contributed by atoms with Crippen LogP contribution in [0.4, 0.5) is 10.1 Å². The molecule has 148 valence electrons. The lowest BCUT2D eigenvalue weighted by atomic mass is 10.2. The zero-order chi connectivity index (χ0) is 20.6. The molecule has 1 aromatic heterocycles. The molecule has 0 unspecified atom stereocenters. The van der Waals surface area contributed by atoms with Crippen LogP contribution in [0.2, 0.25) is 5.02 Å². The first-order chi connectivity index (χ1) is 14.0. The van der Waals surface area contributed by atoms with Crippen LogP contribution in [0.15, 0.2) is 60.8 Å². The van der Waals surface area contributed by atoms with E-state index in [0.717, 1.165) is 23.8 Å². The van der Waals surface area contributed by atoms with Crippen LogP contribution in [0.5, 0.6) is 0 Å². The number of hydrogen-bond acceptors (Lipinski definition) is 5. The van der Waals surface area contributed by atoms with E-state index >= 15 is 0 Å². The highest BCUT2D eigenvalue weighted by molar-refractivity contribution is 6.33. The Morgan fingerprint density at radius 1 is 1.21 bits per heavy atom. The molecule has 0 radical (unpaired) electrons. The summed E-state index contributed by atoms with van der Waals surface area (Å²) in [5.41, 5.74) is 1.76. The molecular weight excluding hydrogens is 399 g/mol. The highest BCUT2D eigenvalue weighted by Gasteiger charge is 2.09. The van der Waals surface area contributed by atoms with Crippen LogP contribution in [0, 0.1) is 5.82 Å². The number of benzene rings is 2. The average Bonchev–Trinajstić information content (AvgIpc) is 3.15. The largest absolute Gasteiger partial charge is 0.452 e. The first-order valence-electron chi connectivity index (χ1n) is 8.53. The van der Waals surface area contributed by atoms with Crippen LogP contribution < -0.4 is 5.32 Å². The van der Waals surface area contributed by atoms with Gasteiger partial charge < -0.3 is 10.1 Å². The fourth-order valence-electron chi connectivity index (χ4n) is 2.35. The number of nitrogens with one attached hydrogen (secondary N) is 1. The minimum Gasteiger partial charge on any atom is -0.452 e. The van der Waals surface area contributed by atoms with Crippen LogP contribution in [0.1, 0.15) is 11.3 Å². The maximum Gasteiger partial charge on any atom is 0.331 e. The SMILES string of the molecule is O=C(COC(=O)/C=C/c1cn(Cc2ccccc2)nn1)Nc1ccc(F)cc1Cl. The molecule has 1 amide bonds. The van der Waals surface area contributed by atoms with E-state index in [1.165, 1.54) is 12.1 Å². The molecular formula is C20H16ClFN4O3. The van der Waals surface area contributed by atoms with Crippen molar-refractivity contribution in [2.75, 3.05) is 11.9 Å². The number of aromatic nitrogens is 3. The van der Waals surface area contributed by atoms with Crippen molar-refractivity contribution in [2.24, 2.45) is 0 Å². The summed E-state index contributed by atoms with van der Waals surface area (Å²) in [6.07, 6.45) is 4.26. The standard InChI is InChI=1S/C20H16ClFN4O3/c21-17-10-15(22)6-8-18(17)23-19(27)13-29-20(28)9-7-16-12-26(25-24-16)11-14-4-2-1-3-5-14/h1-10,12H,11,13H2,(H,23,27)/b9-7+. The van der Waals surface area contributed by atoms with Crippen molar-refractivity contribution in [2.45, 2.75) is 6.54 Å². The lowest BCUT2D eigenvalue weighted by Crippen LogP contribution is -2.20. The zero-order valence-electron chi connectivity index (χ0n) is 15.1. The topological polar surface area (TPSA) is 86.1 Å². The van der Waals surface area contributed by atoms with Gasteiger partial charge in [-0.3, -0.25) is 4.79 Å². The fraction of sp³-hybridized carbons (Fsp3) is 0.100. The van der Waals surface area contributed by atoms with E-state index in [4.69, 9.17) is 16.3 Å². The monoisotopic (exact) mass is 414 g/mol. The second kappa shape index (κ2) is 9.61. The quantitative estimate of drug-likeness (QED) is 0.473. The number of rotatable bonds is 7. The van der Waals surface area contributed by atoms with Crippen LogP contribution in [0.3, 0.4) is 0 Å².